The Hall–Kier alpha value is -0.610. The molecule has 4 heteroatoms. The molecule has 1 amide bonds. The zero-order chi connectivity index (χ0) is 13.2. The molecule has 1 heterocycles. The summed E-state index contributed by atoms with van der Waals surface area (Å²) in [5.74, 6) is 1.15. The van der Waals surface area contributed by atoms with Gasteiger partial charge >= 0.3 is 0 Å². The predicted octanol–water partition coefficient (Wildman–Crippen LogP) is 1.18. The monoisotopic (exact) mass is 266 g/mol. The van der Waals surface area contributed by atoms with Crippen molar-refractivity contribution in [2.24, 2.45) is 11.8 Å². The summed E-state index contributed by atoms with van der Waals surface area (Å²) in [4.78, 5) is 12.4. The van der Waals surface area contributed by atoms with Gasteiger partial charge in [-0.15, -0.1) is 0 Å². The number of fused-ring (bicyclic) bond motifs is 1. The van der Waals surface area contributed by atoms with Gasteiger partial charge in [-0.2, -0.15) is 0 Å². The number of carbonyl (C=O) groups excluding carboxylic acids is 1. The van der Waals surface area contributed by atoms with Crippen molar-refractivity contribution in [1.29, 1.82) is 0 Å². The second-order valence-electron chi connectivity index (χ2n) is 6.59. The first-order chi connectivity index (χ1) is 9.28. The lowest BCUT2D eigenvalue weighted by molar-refractivity contribution is -0.123. The Labute approximate surface area is 115 Å². The second-order valence-corrected chi connectivity index (χ2v) is 6.59. The molecule has 108 valence electrons. The third-order valence-corrected chi connectivity index (χ3v) is 5.40. The van der Waals surface area contributed by atoms with Gasteiger partial charge in [0.1, 0.15) is 0 Å². The summed E-state index contributed by atoms with van der Waals surface area (Å²) in [7, 11) is 0. The zero-order valence-corrected chi connectivity index (χ0v) is 11.6. The molecule has 2 saturated carbocycles. The molecule has 5 atom stereocenters. The third-order valence-electron chi connectivity index (χ3n) is 5.40. The van der Waals surface area contributed by atoms with E-state index < -0.39 is 0 Å². The summed E-state index contributed by atoms with van der Waals surface area (Å²) in [6, 6.07) is 0.775. The largest absolute Gasteiger partial charge is 0.396 e. The molecule has 3 aliphatic rings. The van der Waals surface area contributed by atoms with Crippen LogP contribution in [-0.2, 0) is 4.79 Å². The van der Waals surface area contributed by atoms with Crippen molar-refractivity contribution in [2.75, 3.05) is 6.61 Å². The Bertz CT molecular complexity index is 320. The minimum absolute atomic E-state index is 0.00745. The smallest absolute Gasteiger partial charge is 0.237 e. The average molecular weight is 266 g/mol. The first kappa shape index (κ1) is 13.4. The summed E-state index contributed by atoms with van der Waals surface area (Å²) < 4.78 is 0. The lowest BCUT2D eigenvalue weighted by Crippen LogP contribution is -2.48. The van der Waals surface area contributed by atoms with Crippen LogP contribution in [0.25, 0.3) is 0 Å². The van der Waals surface area contributed by atoms with Crippen LogP contribution in [0.15, 0.2) is 0 Å². The van der Waals surface area contributed by atoms with E-state index >= 15 is 0 Å². The quantitative estimate of drug-likeness (QED) is 0.719. The lowest BCUT2D eigenvalue weighted by atomic mass is 9.85. The van der Waals surface area contributed by atoms with Crippen molar-refractivity contribution < 1.29 is 9.90 Å². The van der Waals surface area contributed by atoms with Crippen molar-refractivity contribution >= 4 is 5.91 Å². The number of aliphatic hydroxyl groups is 1. The molecule has 0 aromatic heterocycles. The number of hydrogen-bond acceptors (Lipinski definition) is 3. The summed E-state index contributed by atoms with van der Waals surface area (Å²) in [5, 5.41) is 16.0. The van der Waals surface area contributed by atoms with Crippen molar-refractivity contribution in [2.45, 2.75) is 69.5 Å². The first-order valence-electron chi connectivity index (χ1n) is 7.95. The predicted molar refractivity (Wildman–Crippen MR) is 73.6 cm³/mol. The van der Waals surface area contributed by atoms with Crippen molar-refractivity contribution in [3.05, 3.63) is 0 Å². The Balaban J connectivity index is 1.53. The van der Waals surface area contributed by atoms with Gasteiger partial charge in [-0.3, -0.25) is 4.79 Å². The molecule has 4 nitrogen and oxygen atoms in total. The Morgan fingerprint density at radius 2 is 2.00 bits per heavy atom. The van der Waals surface area contributed by atoms with Gasteiger partial charge in [-0.05, 0) is 38.0 Å². The molecule has 5 unspecified atom stereocenters. The van der Waals surface area contributed by atoms with Gasteiger partial charge in [-0.25, -0.2) is 0 Å². The SMILES string of the molecule is O=C(NC1CCCC1CO)C1CC2CCCCC2N1. The van der Waals surface area contributed by atoms with E-state index in [0.717, 1.165) is 25.7 Å². The molecule has 3 N–H and O–H groups in total. The molecule has 19 heavy (non-hydrogen) atoms. The van der Waals surface area contributed by atoms with Crippen molar-refractivity contribution in [3.8, 4) is 0 Å². The van der Waals surface area contributed by atoms with E-state index in [1.165, 1.54) is 25.7 Å². The van der Waals surface area contributed by atoms with Gasteiger partial charge in [0, 0.05) is 24.6 Å². The molecule has 3 fully saturated rings. The molecule has 0 aromatic carbocycles. The molecule has 0 radical (unpaired) electrons. The van der Waals surface area contributed by atoms with Crippen molar-refractivity contribution in [1.82, 2.24) is 10.6 Å². The van der Waals surface area contributed by atoms with Gasteiger partial charge < -0.3 is 15.7 Å². The van der Waals surface area contributed by atoms with E-state index in [2.05, 4.69) is 10.6 Å². The number of amides is 1. The fraction of sp³-hybridized carbons (Fsp3) is 0.933. The van der Waals surface area contributed by atoms with Crippen molar-refractivity contribution in [3.63, 3.8) is 0 Å². The Morgan fingerprint density at radius 3 is 2.79 bits per heavy atom. The van der Waals surface area contributed by atoms with E-state index in [4.69, 9.17) is 0 Å². The molecular weight excluding hydrogens is 240 g/mol. The molecule has 2 aliphatic carbocycles. The number of nitrogens with one attached hydrogen (secondary N) is 2. The van der Waals surface area contributed by atoms with Crippen LogP contribution in [0.2, 0.25) is 0 Å². The van der Waals surface area contributed by atoms with Crippen LogP contribution >= 0.6 is 0 Å². The highest BCUT2D eigenvalue weighted by atomic mass is 16.3. The molecule has 1 aliphatic heterocycles. The minimum Gasteiger partial charge on any atom is -0.396 e. The highest BCUT2D eigenvalue weighted by Gasteiger charge is 2.39. The molecule has 0 aromatic rings. The van der Waals surface area contributed by atoms with Crippen LogP contribution in [0.5, 0.6) is 0 Å². The normalized spacial score (nSPS) is 42.1. The maximum Gasteiger partial charge on any atom is 0.237 e. The van der Waals surface area contributed by atoms with Gasteiger partial charge in [-0.1, -0.05) is 19.3 Å². The van der Waals surface area contributed by atoms with Crippen LogP contribution in [0.3, 0.4) is 0 Å². The second kappa shape index (κ2) is 5.80. The highest BCUT2D eigenvalue weighted by Crippen LogP contribution is 2.33. The number of rotatable bonds is 3. The standard InChI is InChI=1S/C15H26N2O2/c18-9-11-5-3-7-13(11)17-15(19)14-8-10-4-1-2-6-12(10)16-14/h10-14,16,18H,1-9H2,(H,17,19). The van der Waals surface area contributed by atoms with E-state index in [9.17, 15) is 9.90 Å². The highest BCUT2D eigenvalue weighted by molar-refractivity contribution is 5.82. The number of carbonyl (C=O) groups is 1. The first-order valence-corrected chi connectivity index (χ1v) is 7.95. The van der Waals surface area contributed by atoms with E-state index in [1.807, 2.05) is 0 Å². The summed E-state index contributed by atoms with van der Waals surface area (Å²) >= 11 is 0. The molecule has 0 bridgehead atoms. The number of hydrogen-bond donors (Lipinski definition) is 3. The Kier molecular flexibility index (Phi) is 4.08. The van der Waals surface area contributed by atoms with Crippen LogP contribution in [-0.4, -0.2) is 35.7 Å². The lowest BCUT2D eigenvalue weighted by Gasteiger charge is -2.24. The van der Waals surface area contributed by atoms with E-state index in [-0.39, 0.29) is 30.5 Å². The van der Waals surface area contributed by atoms with Gasteiger partial charge in [0.15, 0.2) is 0 Å². The summed E-state index contributed by atoms with van der Waals surface area (Å²) in [5.41, 5.74) is 0. The molecule has 1 saturated heterocycles. The summed E-state index contributed by atoms with van der Waals surface area (Å²) in [6.07, 6.45) is 9.35. The molecule has 3 rings (SSSR count). The van der Waals surface area contributed by atoms with Gasteiger partial charge in [0.25, 0.3) is 0 Å². The average Bonchev–Trinajstić information content (AvgIpc) is 3.03. The number of aliphatic hydroxyl groups excluding tert-OH is 1. The third kappa shape index (κ3) is 2.79. The van der Waals surface area contributed by atoms with E-state index in [1.54, 1.807) is 0 Å². The fourth-order valence-electron chi connectivity index (χ4n) is 4.25. The zero-order valence-electron chi connectivity index (χ0n) is 11.6. The van der Waals surface area contributed by atoms with Crippen LogP contribution in [0, 0.1) is 11.8 Å². The Morgan fingerprint density at radius 1 is 1.16 bits per heavy atom. The molecular formula is C15H26N2O2. The van der Waals surface area contributed by atoms with Gasteiger partial charge in [0.2, 0.25) is 5.91 Å². The van der Waals surface area contributed by atoms with Gasteiger partial charge in [0.05, 0.1) is 6.04 Å². The molecule has 0 spiro atoms. The topological polar surface area (TPSA) is 61.4 Å². The van der Waals surface area contributed by atoms with Crippen LogP contribution < -0.4 is 10.6 Å². The maximum atomic E-state index is 12.4. The maximum absolute atomic E-state index is 12.4. The van der Waals surface area contributed by atoms with Crippen LogP contribution in [0.4, 0.5) is 0 Å². The summed E-state index contributed by atoms with van der Waals surface area (Å²) in [6.45, 7) is 0.203. The minimum atomic E-state index is 0.00745. The fourth-order valence-corrected chi connectivity index (χ4v) is 4.25. The van der Waals surface area contributed by atoms with Crippen LogP contribution in [0.1, 0.15) is 51.4 Å². The van der Waals surface area contributed by atoms with E-state index in [0.29, 0.717) is 12.0 Å².